The van der Waals surface area contributed by atoms with Crippen molar-refractivity contribution in [3.63, 3.8) is 0 Å². The predicted molar refractivity (Wildman–Crippen MR) is 82.0 cm³/mol. The molecule has 108 valence electrons. The Kier molecular flexibility index (Phi) is 3.73. The largest absolute Gasteiger partial charge is 0.495 e. The molecular weight excluding hydrogens is 320 g/mol. The summed E-state index contributed by atoms with van der Waals surface area (Å²) in [6.07, 6.45) is 4.88. The number of fused-ring (bicyclic) bond motifs is 1. The Labute approximate surface area is 126 Å². The quantitative estimate of drug-likeness (QED) is 0.911. The second-order valence-corrected chi connectivity index (χ2v) is 6.43. The topological polar surface area (TPSA) is 47.3 Å². The van der Waals surface area contributed by atoms with Gasteiger partial charge in [-0.1, -0.05) is 6.92 Å². The highest BCUT2D eigenvalue weighted by molar-refractivity contribution is 9.10. The number of nitrogens with zero attached hydrogens (tertiary/aromatic N) is 2. The molecule has 0 bridgehead atoms. The van der Waals surface area contributed by atoms with Crippen LogP contribution in [-0.2, 0) is 0 Å². The van der Waals surface area contributed by atoms with E-state index in [1.54, 1.807) is 7.11 Å². The molecule has 3 rings (SSSR count). The lowest BCUT2D eigenvalue weighted by Gasteiger charge is -2.33. The first-order valence-corrected chi connectivity index (χ1v) is 7.80. The summed E-state index contributed by atoms with van der Waals surface area (Å²) in [6.45, 7) is 2.11. The minimum atomic E-state index is -0.220. The normalized spacial score (nSPS) is 26.9. The molecule has 0 spiro atoms. The van der Waals surface area contributed by atoms with Crippen molar-refractivity contribution in [2.45, 2.75) is 38.3 Å². The average molecular weight is 339 g/mol. The fourth-order valence-corrected chi connectivity index (χ4v) is 3.58. The number of aliphatic hydroxyl groups excluding tert-OH is 1. The van der Waals surface area contributed by atoms with E-state index in [4.69, 9.17) is 4.74 Å². The summed E-state index contributed by atoms with van der Waals surface area (Å²) in [5.74, 6) is 1.03. The highest BCUT2D eigenvalue weighted by atomic mass is 79.9. The third-order valence-electron chi connectivity index (χ3n) is 4.35. The Morgan fingerprint density at radius 2 is 2.20 bits per heavy atom. The van der Waals surface area contributed by atoms with Crippen LogP contribution in [-0.4, -0.2) is 28.1 Å². The van der Waals surface area contributed by atoms with E-state index in [0.29, 0.717) is 0 Å². The van der Waals surface area contributed by atoms with Gasteiger partial charge in [-0.3, -0.25) is 4.68 Å². The van der Waals surface area contributed by atoms with Gasteiger partial charge in [0.25, 0.3) is 0 Å². The number of aliphatic hydroxyl groups is 1. The van der Waals surface area contributed by atoms with Crippen LogP contribution in [0.2, 0.25) is 0 Å². The zero-order valence-corrected chi connectivity index (χ0v) is 13.3. The van der Waals surface area contributed by atoms with E-state index in [1.807, 2.05) is 16.8 Å². The number of hydrogen-bond acceptors (Lipinski definition) is 3. The Bertz CT molecular complexity index is 626. The molecule has 0 aliphatic heterocycles. The summed E-state index contributed by atoms with van der Waals surface area (Å²) in [6, 6.07) is 4.25. The summed E-state index contributed by atoms with van der Waals surface area (Å²) in [7, 11) is 1.66. The molecule has 2 aromatic rings. The van der Waals surface area contributed by atoms with Gasteiger partial charge >= 0.3 is 0 Å². The van der Waals surface area contributed by atoms with Gasteiger partial charge in [0.2, 0.25) is 0 Å². The van der Waals surface area contributed by atoms with Crippen LogP contribution in [0.3, 0.4) is 0 Å². The van der Waals surface area contributed by atoms with Gasteiger partial charge in [0, 0.05) is 23.6 Å². The zero-order chi connectivity index (χ0) is 14.3. The SMILES string of the molecule is COc1cc2nn([C@H]3CCC[C@@H](O)[C@@H]3C)cc2cc1Br. The molecular formula is C15H19BrN2O2. The molecule has 20 heavy (non-hydrogen) atoms. The molecule has 1 heterocycles. The maximum atomic E-state index is 10.0. The molecule has 1 aliphatic carbocycles. The Morgan fingerprint density at radius 3 is 2.95 bits per heavy atom. The summed E-state index contributed by atoms with van der Waals surface area (Å²) in [5, 5.41) is 15.8. The molecule has 1 aromatic carbocycles. The van der Waals surface area contributed by atoms with Gasteiger partial charge in [0.05, 0.1) is 29.2 Å². The maximum Gasteiger partial charge on any atom is 0.135 e. The third-order valence-corrected chi connectivity index (χ3v) is 4.97. The number of ether oxygens (including phenoxy) is 1. The second kappa shape index (κ2) is 5.37. The lowest BCUT2D eigenvalue weighted by molar-refractivity contribution is 0.0430. The van der Waals surface area contributed by atoms with Crippen LogP contribution in [0.25, 0.3) is 10.9 Å². The smallest absolute Gasteiger partial charge is 0.135 e. The van der Waals surface area contributed by atoms with Crippen molar-refractivity contribution in [1.82, 2.24) is 9.78 Å². The van der Waals surface area contributed by atoms with Gasteiger partial charge in [0.15, 0.2) is 0 Å². The molecule has 0 saturated heterocycles. The van der Waals surface area contributed by atoms with Crippen LogP contribution >= 0.6 is 15.9 Å². The van der Waals surface area contributed by atoms with E-state index < -0.39 is 0 Å². The van der Waals surface area contributed by atoms with E-state index in [0.717, 1.165) is 40.4 Å². The Balaban J connectivity index is 2.00. The number of halogens is 1. The molecule has 0 unspecified atom stereocenters. The Hall–Kier alpha value is -1.07. The average Bonchev–Trinajstić information content (AvgIpc) is 2.83. The monoisotopic (exact) mass is 338 g/mol. The van der Waals surface area contributed by atoms with Crippen LogP contribution in [0.15, 0.2) is 22.8 Å². The molecule has 1 saturated carbocycles. The predicted octanol–water partition coefficient (Wildman–Crippen LogP) is 3.53. The van der Waals surface area contributed by atoms with Gasteiger partial charge in [-0.2, -0.15) is 5.10 Å². The van der Waals surface area contributed by atoms with E-state index >= 15 is 0 Å². The van der Waals surface area contributed by atoms with Crippen molar-refractivity contribution in [1.29, 1.82) is 0 Å². The molecule has 4 nitrogen and oxygen atoms in total. The number of methoxy groups -OCH3 is 1. The van der Waals surface area contributed by atoms with Crippen molar-refractivity contribution in [3.05, 3.63) is 22.8 Å². The fourth-order valence-electron chi connectivity index (χ4n) is 3.06. The van der Waals surface area contributed by atoms with Crippen molar-refractivity contribution >= 4 is 26.8 Å². The van der Waals surface area contributed by atoms with E-state index in [9.17, 15) is 5.11 Å². The molecule has 0 amide bonds. The van der Waals surface area contributed by atoms with Crippen LogP contribution in [0.5, 0.6) is 5.75 Å². The van der Waals surface area contributed by atoms with Crippen molar-refractivity contribution in [2.24, 2.45) is 5.92 Å². The minimum Gasteiger partial charge on any atom is -0.495 e. The molecule has 1 aromatic heterocycles. The summed E-state index contributed by atoms with van der Waals surface area (Å²) in [4.78, 5) is 0. The standard InChI is InChI=1S/C15H19BrN2O2/c1-9-13(4-3-5-14(9)19)18-8-10-6-11(16)15(20-2)7-12(10)17-18/h6-9,13-14,19H,3-5H2,1-2H3/t9-,13+,14-/m1/s1. The highest BCUT2D eigenvalue weighted by Crippen LogP contribution is 2.35. The number of rotatable bonds is 2. The summed E-state index contributed by atoms with van der Waals surface area (Å²) in [5.41, 5.74) is 0.928. The van der Waals surface area contributed by atoms with Crippen LogP contribution in [0.4, 0.5) is 0 Å². The maximum absolute atomic E-state index is 10.0. The lowest BCUT2D eigenvalue weighted by atomic mass is 9.83. The van der Waals surface area contributed by atoms with Crippen LogP contribution in [0.1, 0.15) is 32.2 Å². The number of aromatic nitrogens is 2. The minimum absolute atomic E-state index is 0.220. The first kappa shape index (κ1) is 13.9. The fraction of sp³-hybridized carbons (Fsp3) is 0.533. The van der Waals surface area contributed by atoms with Gasteiger partial charge in [-0.05, 0) is 41.3 Å². The van der Waals surface area contributed by atoms with Gasteiger partial charge in [-0.25, -0.2) is 0 Å². The highest BCUT2D eigenvalue weighted by Gasteiger charge is 2.30. The van der Waals surface area contributed by atoms with Crippen molar-refractivity contribution < 1.29 is 9.84 Å². The van der Waals surface area contributed by atoms with Crippen molar-refractivity contribution in [3.8, 4) is 5.75 Å². The van der Waals surface area contributed by atoms with E-state index in [2.05, 4.69) is 34.1 Å². The second-order valence-electron chi connectivity index (χ2n) is 5.58. The summed E-state index contributed by atoms with van der Waals surface area (Å²) >= 11 is 3.50. The van der Waals surface area contributed by atoms with E-state index in [1.165, 1.54) is 0 Å². The molecule has 1 aliphatic rings. The molecule has 1 N–H and O–H groups in total. The van der Waals surface area contributed by atoms with Gasteiger partial charge < -0.3 is 9.84 Å². The van der Waals surface area contributed by atoms with Gasteiger partial charge in [-0.15, -0.1) is 0 Å². The van der Waals surface area contributed by atoms with Crippen molar-refractivity contribution in [2.75, 3.05) is 7.11 Å². The third kappa shape index (κ3) is 2.33. The lowest BCUT2D eigenvalue weighted by Crippen LogP contribution is -2.32. The number of hydrogen-bond donors (Lipinski definition) is 1. The number of benzene rings is 1. The van der Waals surface area contributed by atoms with Gasteiger partial charge in [0.1, 0.15) is 5.75 Å². The first-order chi connectivity index (χ1) is 9.60. The first-order valence-electron chi connectivity index (χ1n) is 7.00. The zero-order valence-electron chi connectivity index (χ0n) is 11.7. The van der Waals surface area contributed by atoms with E-state index in [-0.39, 0.29) is 18.1 Å². The van der Waals surface area contributed by atoms with Crippen LogP contribution < -0.4 is 4.74 Å². The molecule has 0 radical (unpaired) electrons. The molecule has 1 fully saturated rings. The molecule has 3 atom stereocenters. The Morgan fingerprint density at radius 1 is 1.40 bits per heavy atom. The summed E-state index contributed by atoms with van der Waals surface area (Å²) < 4.78 is 8.26. The van der Waals surface area contributed by atoms with Crippen LogP contribution in [0, 0.1) is 5.92 Å². The molecule has 5 heteroatoms.